The Kier molecular flexibility index (Phi) is 4.36. The number of nitrogens with zero attached hydrogens (tertiary/aromatic N) is 2. The Morgan fingerprint density at radius 1 is 1.20 bits per heavy atom. The largest absolute Gasteiger partial charge is 0.276 e. The van der Waals surface area contributed by atoms with Crippen molar-refractivity contribution in [3.05, 3.63) is 58.9 Å². The predicted octanol–water partition coefficient (Wildman–Crippen LogP) is 2.36. The van der Waals surface area contributed by atoms with Crippen LogP contribution in [0, 0.1) is 6.92 Å². The highest BCUT2D eigenvalue weighted by Gasteiger charge is 2.11. The molecule has 104 valence electrons. The van der Waals surface area contributed by atoms with E-state index in [0.717, 1.165) is 5.56 Å². The summed E-state index contributed by atoms with van der Waals surface area (Å²) in [6, 6.07) is 9.76. The van der Waals surface area contributed by atoms with Gasteiger partial charge >= 0.3 is 0 Å². The SMILES string of the molecule is Cc1ccc(S(=O)(=O)NN=Cc2ccc(Cl)cn2)cc1. The van der Waals surface area contributed by atoms with Gasteiger partial charge < -0.3 is 0 Å². The lowest BCUT2D eigenvalue weighted by molar-refractivity contribution is 0.584. The molecule has 20 heavy (non-hydrogen) atoms. The molecule has 0 fully saturated rings. The second-order valence-electron chi connectivity index (χ2n) is 4.07. The number of hydrogen-bond donors (Lipinski definition) is 1. The lowest BCUT2D eigenvalue weighted by Crippen LogP contribution is -2.18. The zero-order valence-electron chi connectivity index (χ0n) is 10.6. The summed E-state index contributed by atoms with van der Waals surface area (Å²) >= 11 is 5.69. The number of hydrogen-bond acceptors (Lipinski definition) is 4. The minimum Gasteiger partial charge on any atom is -0.254 e. The predicted molar refractivity (Wildman–Crippen MR) is 78.3 cm³/mol. The fraction of sp³-hybridized carbons (Fsp3) is 0.0769. The molecule has 7 heteroatoms. The highest BCUT2D eigenvalue weighted by atomic mass is 35.5. The fourth-order valence-electron chi connectivity index (χ4n) is 1.40. The summed E-state index contributed by atoms with van der Waals surface area (Å²) < 4.78 is 23.8. The number of aryl methyl sites for hydroxylation is 1. The van der Waals surface area contributed by atoms with Gasteiger partial charge in [-0.1, -0.05) is 29.3 Å². The summed E-state index contributed by atoms with van der Waals surface area (Å²) in [4.78, 5) is 6.25. The number of benzene rings is 1. The summed E-state index contributed by atoms with van der Waals surface area (Å²) in [6.07, 6.45) is 2.76. The van der Waals surface area contributed by atoms with E-state index in [-0.39, 0.29) is 4.90 Å². The van der Waals surface area contributed by atoms with Crippen molar-refractivity contribution in [1.82, 2.24) is 9.82 Å². The molecule has 0 aliphatic carbocycles. The molecule has 0 unspecified atom stereocenters. The fourth-order valence-corrected chi connectivity index (χ4v) is 2.30. The van der Waals surface area contributed by atoms with Gasteiger partial charge in [-0.2, -0.15) is 13.5 Å². The number of hydrazone groups is 1. The number of rotatable bonds is 4. The third kappa shape index (κ3) is 3.79. The van der Waals surface area contributed by atoms with Gasteiger partial charge in [-0.25, -0.2) is 4.83 Å². The van der Waals surface area contributed by atoms with Crippen LogP contribution in [-0.2, 0) is 10.0 Å². The Labute approximate surface area is 122 Å². The number of halogens is 1. The molecule has 0 aliphatic rings. The van der Waals surface area contributed by atoms with Crippen LogP contribution < -0.4 is 4.83 Å². The molecule has 5 nitrogen and oxygen atoms in total. The van der Waals surface area contributed by atoms with Gasteiger partial charge in [0.2, 0.25) is 0 Å². The number of sulfonamides is 1. The van der Waals surface area contributed by atoms with Crippen molar-refractivity contribution in [1.29, 1.82) is 0 Å². The van der Waals surface area contributed by atoms with Crippen LogP contribution in [0.15, 0.2) is 52.6 Å². The molecule has 1 heterocycles. The highest BCUT2D eigenvalue weighted by molar-refractivity contribution is 7.89. The van der Waals surface area contributed by atoms with E-state index in [4.69, 9.17) is 11.6 Å². The van der Waals surface area contributed by atoms with E-state index in [1.807, 2.05) is 6.92 Å². The van der Waals surface area contributed by atoms with Crippen LogP contribution in [-0.4, -0.2) is 19.6 Å². The Balaban J connectivity index is 2.09. The molecule has 0 spiro atoms. The van der Waals surface area contributed by atoms with E-state index in [0.29, 0.717) is 10.7 Å². The first-order valence-electron chi connectivity index (χ1n) is 5.70. The third-order valence-corrected chi connectivity index (χ3v) is 3.91. The minimum atomic E-state index is -3.66. The summed E-state index contributed by atoms with van der Waals surface area (Å²) in [7, 11) is -3.66. The van der Waals surface area contributed by atoms with E-state index >= 15 is 0 Å². The molecule has 0 amide bonds. The van der Waals surface area contributed by atoms with Crippen LogP contribution >= 0.6 is 11.6 Å². The maximum Gasteiger partial charge on any atom is 0.276 e. The second-order valence-corrected chi connectivity index (χ2v) is 6.16. The number of aromatic nitrogens is 1. The summed E-state index contributed by atoms with van der Waals surface area (Å²) in [6.45, 7) is 1.88. The van der Waals surface area contributed by atoms with Gasteiger partial charge in [-0.05, 0) is 31.2 Å². The first-order chi connectivity index (χ1) is 9.47. The normalized spacial score (nSPS) is 11.7. The second kappa shape index (κ2) is 6.02. The molecule has 0 radical (unpaired) electrons. The average Bonchev–Trinajstić information content (AvgIpc) is 2.41. The van der Waals surface area contributed by atoms with Crippen molar-refractivity contribution in [3.63, 3.8) is 0 Å². The van der Waals surface area contributed by atoms with Crippen molar-refractivity contribution in [2.45, 2.75) is 11.8 Å². The smallest absolute Gasteiger partial charge is 0.254 e. The number of pyridine rings is 1. The highest BCUT2D eigenvalue weighted by Crippen LogP contribution is 2.09. The molecule has 0 atom stereocenters. The van der Waals surface area contributed by atoms with Crippen LogP contribution in [0.2, 0.25) is 5.02 Å². The van der Waals surface area contributed by atoms with Gasteiger partial charge in [0, 0.05) is 6.20 Å². The molecule has 1 aromatic carbocycles. The Bertz CT molecular complexity index is 710. The van der Waals surface area contributed by atoms with Crippen molar-refractivity contribution in [3.8, 4) is 0 Å². The van der Waals surface area contributed by atoms with Gasteiger partial charge in [0.1, 0.15) is 0 Å². The first kappa shape index (κ1) is 14.5. The topological polar surface area (TPSA) is 71.4 Å². The molecular weight excluding hydrogens is 298 g/mol. The molecular formula is C13H12ClN3O2S. The lowest BCUT2D eigenvalue weighted by Gasteiger charge is -2.03. The quantitative estimate of drug-likeness (QED) is 0.696. The van der Waals surface area contributed by atoms with Crippen LogP contribution in [0.3, 0.4) is 0 Å². The zero-order valence-corrected chi connectivity index (χ0v) is 12.2. The Morgan fingerprint density at radius 2 is 1.90 bits per heavy atom. The van der Waals surface area contributed by atoms with Crippen LogP contribution in [0.1, 0.15) is 11.3 Å². The monoisotopic (exact) mass is 309 g/mol. The molecule has 0 aliphatic heterocycles. The lowest BCUT2D eigenvalue weighted by atomic mass is 10.2. The van der Waals surface area contributed by atoms with E-state index in [9.17, 15) is 8.42 Å². The van der Waals surface area contributed by atoms with Gasteiger partial charge in [-0.15, -0.1) is 0 Å². The molecule has 0 bridgehead atoms. The zero-order chi connectivity index (χ0) is 14.6. The molecule has 1 N–H and O–H groups in total. The van der Waals surface area contributed by atoms with Gasteiger partial charge in [0.05, 0.1) is 21.8 Å². The summed E-state index contributed by atoms with van der Waals surface area (Å²) in [5.41, 5.74) is 1.49. The minimum absolute atomic E-state index is 0.157. The van der Waals surface area contributed by atoms with Crippen LogP contribution in [0.5, 0.6) is 0 Å². The summed E-state index contributed by atoms with van der Waals surface area (Å²) in [5, 5.41) is 4.18. The molecule has 1 aromatic heterocycles. The third-order valence-electron chi connectivity index (χ3n) is 2.45. The van der Waals surface area contributed by atoms with E-state index in [1.54, 1.807) is 24.3 Å². The molecule has 2 aromatic rings. The van der Waals surface area contributed by atoms with Gasteiger partial charge in [0.15, 0.2) is 0 Å². The molecule has 0 saturated heterocycles. The van der Waals surface area contributed by atoms with Gasteiger partial charge in [0.25, 0.3) is 10.0 Å². The Morgan fingerprint density at radius 3 is 2.50 bits per heavy atom. The Hall–Kier alpha value is -1.92. The van der Waals surface area contributed by atoms with Crippen molar-refractivity contribution in [2.75, 3.05) is 0 Å². The van der Waals surface area contributed by atoms with Crippen molar-refractivity contribution < 1.29 is 8.42 Å². The molecule has 2 rings (SSSR count). The van der Waals surface area contributed by atoms with Crippen LogP contribution in [0.4, 0.5) is 0 Å². The van der Waals surface area contributed by atoms with E-state index in [1.165, 1.54) is 24.5 Å². The number of nitrogens with one attached hydrogen (secondary N) is 1. The first-order valence-corrected chi connectivity index (χ1v) is 7.56. The average molecular weight is 310 g/mol. The van der Waals surface area contributed by atoms with Crippen molar-refractivity contribution in [2.24, 2.45) is 5.10 Å². The standard InChI is InChI=1S/C13H12ClN3O2S/c1-10-2-6-13(7-3-10)20(18,19)17-16-9-12-5-4-11(14)8-15-12/h2-9,17H,1H3. The molecule has 0 saturated carbocycles. The van der Waals surface area contributed by atoms with E-state index < -0.39 is 10.0 Å². The van der Waals surface area contributed by atoms with E-state index in [2.05, 4.69) is 14.9 Å². The van der Waals surface area contributed by atoms with Gasteiger partial charge in [-0.3, -0.25) is 4.98 Å². The maximum atomic E-state index is 11.9. The summed E-state index contributed by atoms with van der Waals surface area (Å²) in [5.74, 6) is 0. The maximum absolute atomic E-state index is 11.9. The van der Waals surface area contributed by atoms with Crippen LogP contribution in [0.25, 0.3) is 0 Å². The van der Waals surface area contributed by atoms with Crippen molar-refractivity contribution >= 4 is 27.8 Å².